The van der Waals surface area contributed by atoms with Crippen LogP contribution >= 0.6 is 0 Å². The summed E-state index contributed by atoms with van der Waals surface area (Å²) >= 11 is 0. The molecule has 0 aliphatic rings. The van der Waals surface area contributed by atoms with Gasteiger partial charge in [-0.2, -0.15) is 5.10 Å². The Morgan fingerprint density at radius 3 is 2.19 bits per heavy atom. The number of carbonyl (C=O) groups is 1. The number of carboxylic acids is 1. The van der Waals surface area contributed by atoms with Crippen molar-refractivity contribution in [1.82, 2.24) is 15.2 Å². The molecule has 26 heavy (non-hydrogen) atoms. The summed E-state index contributed by atoms with van der Waals surface area (Å²) in [6.45, 7) is 0. The smallest absolute Gasteiger partial charge is 0.335 e. The number of aromatic amines is 1. The van der Waals surface area contributed by atoms with Crippen LogP contribution < -0.4 is 0 Å². The van der Waals surface area contributed by atoms with Crippen LogP contribution in [0, 0.1) is 0 Å². The maximum absolute atomic E-state index is 11.2. The summed E-state index contributed by atoms with van der Waals surface area (Å²) < 4.78 is 0. The van der Waals surface area contributed by atoms with Crippen molar-refractivity contribution in [2.45, 2.75) is 0 Å². The predicted octanol–water partition coefficient (Wildman–Crippen LogP) is 4.50. The van der Waals surface area contributed by atoms with Gasteiger partial charge in [0.1, 0.15) is 0 Å². The topological polar surface area (TPSA) is 78.9 Å². The Labute approximate surface area is 150 Å². The summed E-state index contributed by atoms with van der Waals surface area (Å²) in [7, 11) is 0. The van der Waals surface area contributed by atoms with Crippen molar-refractivity contribution in [1.29, 1.82) is 0 Å². The highest BCUT2D eigenvalue weighted by Crippen LogP contribution is 2.26. The Hall–Kier alpha value is -3.73. The van der Waals surface area contributed by atoms with Gasteiger partial charge in [-0.05, 0) is 29.3 Å². The number of nitrogens with zero attached hydrogens (tertiary/aromatic N) is 2. The molecule has 3 aromatic carbocycles. The molecule has 0 saturated carbocycles. The fourth-order valence-electron chi connectivity index (χ4n) is 2.79. The number of aromatic carboxylic acids is 1. The van der Waals surface area contributed by atoms with Crippen molar-refractivity contribution in [2.75, 3.05) is 0 Å². The molecule has 1 aromatic heterocycles. The lowest BCUT2D eigenvalue weighted by Crippen LogP contribution is -1.95. The number of hydrogen-bond acceptors (Lipinski definition) is 3. The number of rotatable bonds is 4. The second-order valence-corrected chi connectivity index (χ2v) is 5.84. The van der Waals surface area contributed by atoms with E-state index in [9.17, 15) is 9.90 Å². The minimum Gasteiger partial charge on any atom is -0.478 e. The molecule has 0 aliphatic carbocycles. The molecule has 5 heteroatoms. The lowest BCUT2D eigenvalue weighted by atomic mass is 10.0. The zero-order valence-corrected chi connectivity index (χ0v) is 13.8. The fraction of sp³-hybridized carbons (Fsp3) is 0. The normalized spacial score (nSPS) is 10.6. The van der Waals surface area contributed by atoms with Gasteiger partial charge in [0.25, 0.3) is 0 Å². The van der Waals surface area contributed by atoms with E-state index < -0.39 is 5.97 Å². The molecule has 0 atom stereocenters. The molecule has 0 radical (unpaired) electrons. The zero-order chi connectivity index (χ0) is 17.9. The van der Waals surface area contributed by atoms with E-state index in [0.29, 0.717) is 11.6 Å². The highest BCUT2D eigenvalue weighted by molar-refractivity contribution is 5.89. The molecule has 0 saturated heterocycles. The fourth-order valence-corrected chi connectivity index (χ4v) is 2.79. The lowest BCUT2D eigenvalue weighted by molar-refractivity contribution is 0.0697. The Balaban J connectivity index is 1.70. The van der Waals surface area contributed by atoms with Crippen LogP contribution in [-0.4, -0.2) is 26.3 Å². The molecule has 0 bridgehead atoms. The third-order valence-electron chi connectivity index (χ3n) is 4.10. The van der Waals surface area contributed by atoms with Crippen LogP contribution in [-0.2, 0) is 0 Å². The molecule has 0 fully saturated rings. The Morgan fingerprint density at radius 2 is 1.42 bits per heavy atom. The van der Waals surface area contributed by atoms with Crippen LogP contribution in [0.25, 0.3) is 33.9 Å². The number of benzene rings is 3. The van der Waals surface area contributed by atoms with E-state index in [2.05, 4.69) is 15.2 Å². The van der Waals surface area contributed by atoms with Gasteiger partial charge in [-0.3, -0.25) is 5.10 Å². The molecule has 0 aliphatic heterocycles. The summed E-state index contributed by atoms with van der Waals surface area (Å²) in [5.41, 5.74) is 3.85. The number of H-pyrrole nitrogens is 1. The second kappa shape index (κ2) is 6.64. The van der Waals surface area contributed by atoms with Crippen molar-refractivity contribution < 1.29 is 9.90 Å². The van der Waals surface area contributed by atoms with E-state index in [1.807, 2.05) is 60.7 Å². The molecule has 2 N–H and O–H groups in total. The average Bonchev–Trinajstić information content (AvgIpc) is 3.19. The van der Waals surface area contributed by atoms with Crippen LogP contribution in [0.2, 0.25) is 0 Å². The van der Waals surface area contributed by atoms with Crippen molar-refractivity contribution in [2.24, 2.45) is 0 Å². The molecule has 1 heterocycles. The maximum Gasteiger partial charge on any atom is 0.335 e. The standard InChI is InChI=1S/C21H15N3O2/c25-21(26)18-11-5-9-16(13-18)15-8-4-10-17(12-15)20-22-19(23-24-20)14-6-2-1-3-7-14/h1-13H,(H,25,26)(H,22,23,24). The largest absolute Gasteiger partial charge is 0.478 e. The van der Waals surface area contributed by atoms with Gasteiger partial charge in [-0.15, -0.1) is 0 Å². The van der Waals surface area contributed by atoms with Crippen LogP contribution in [0.15, 0.2) is 78.9 Å². The first-order valence-corrected chi connectivity index (χ1v) is 8.13. The van der Waals surface area contributed by atoms with E-state index in [-0.39, 0.29) is 5.56 Å². The highest BCUT2D eigenvalue weighted by Gasteiger charge is 2.10. The Bertz CT molecular complexity index is 1070. The first-order chi connectivity index (χ1) is 12.7. The van der Waals surface area contributed by atoms with E-state index in [0.717, 1.165) is 22.3 Å². The van der Waals surface area contributed by atoms with Crippen molar-refractivity contribution >= 4 is 5.97 Å². The number of aromatic nitrogens is 3. The zero-order valence-electron chi connectivity index (χ0n) is 13.8. The van der Waals surface area contributed by atoms with E-state index in [1.165, 1.54) is 0 Å². The minimum atomic E-state index is -0.940. The third-order valence-corrected chi connectivity index (χ3v) is 4.10. The van der Waals surface area contributed by atoms with Gasteiger partial charge in [-0.1, -0.05) is 60.7 Å². The molecular formula is C21H15N3O2. The van der Waals surface area contributed by atoms with Gasteiger partial charge < -0.3 is 5.11 Å². The summed E-state index contributed by atoms with van der Waals surface area (Å²) in [4.78, 5) is 15.8. The first-order valence-electron chi connectivity index (χ1n) is 8.13. The molecule has 4 rings (SSSR count). The molecular weight excluding hydrogens is 326 g/mol. The van der Waals surface area contributed by atoms with Gasteiger partial charge in [0, 0.05) is 11.1 Å². The predicted molar refractivity (Wildman–Crippen MR) is 99.6 cm³/mol. The lowest BCUT2D eigenvalue weighted by Gasteiger charge is -2.05. The van der Waals surface area contributed by atoms with Crippen molar-refractivity contribution in [3.63, 3.8) is 0 Å². The van der Waals surface area contributed by atoms with Gasteiger partial charge in [0.15, 0.2) is 11.6 Å². The third kappa shape index (κ3) is 3.10. The molecule has 126 valence electrons. The Morgan fingerprint density at radius 1 is 0.769 bits per heavy atom. The van der Waals surface area contributed by atoms with E-state index >= 15 is 0 Å². The van der Waals surface area contributed by atoms with Gasteiger partial charge >= 0.3 is 5.97 Å². The van der Waals surface area contributed by atoms with Gasteiger partial charge in [-0.25, -0.2) is 9.78 Å². The van der Waals surface area contributed by atoms with Crippen LogP contribution in [0.5, 0.6) is 0 Å². The quantitative estimate of drug-likeness (QED) is 0.573. The number of carboxylic acid groups (broad SMARTS) is 1. The molecule has 0 amide bonds. The van der Waals surface area contributed by atoms with Gasteiger partial charge in [0.05, 0.1) is 5.56 Å². The Kier molecular flexibility index (Phi) is 4.03. The molecule has 5 nitrogen and oxygen atoms in total. The first kappa shape index (κ1) is 15.8. The molecule has 4 aromatic rings. The van der Waals surface area contributed by atoms with Crippen LogP contribution in [0.1, 0.15) is 10.4 Å². The summed E-state index contributed by atoms with van der Waals surface area (Å²) in [5, 5.41) is 16.5. The van der Waals surface area contributed by atoms with E-state index in [4.69, 9.17) is 0 Å². The number of nitrogens with one attached hydrogen (secondary N) is 1. The summed E-state index contributed by atoms with van der Waals surface area (Å²) in [6.07, 6.45) is 0. The van der Waals surface area contributed by atoms with Crippen LogP contribution in [0.3, 0.4) is 0 Å². The van der Waals surface area contributed by atoms with Crippen LogP contribution in [0.4, 0.5) is 0 Å². The summed E-state index contributed by atoms with van der Waals surface area (Å²) in [5.74, 6) is 0.364. The average molecular weight is 341 g/mol. The molecule has 0 spiro atoms. The minimum absolute atomic E-state index is 0.261. The maximum atomic E-state index is 11.2. The van der Waals surface area contributed by atoms with Gasteiger partial charge in [0.2, 0.25) is 0 Å². The SMILES string of the molecule is O=C(O)c1cccc(-c2cccc(-c3n[nH]c(-c4ccccc4)n3)c2)c1. The van der Waals surface area contributed by atoms with E-state index in [1.54, 1.807) is 18.2 Å². The van der Waals surface area contributed by atoms with Crippen molar-refractivity contribution in [3.8, 4) is 33.9 Å². The number of hydrogen-bond donors (Lipinski definition) is 2. The molecule has 0 unspecified atom stereocenters. The van der Waals surface area contributed by atoms with Crippen molar-refractivity contribution in [3.05, 3.63) is 84.4 Å². The highest BCUT2D eigenvalue weighted by atomic mass is 16.4. The monoisotopic (exact) mass is 341 g/mol. The summed E-state index contributed by atoms with van der Waals surface area (Å²) in [6, 6.07) is 24.4. The second-order valence-electron chi connectivity index (χ2n) is 5.84.